The molecule has 1 fully saturated rings. The SMILES string of the molecule is COc1nc2sccn2c1CNC1CCSCC1. The van der Waals surface area contributed by atoms with Crippen molar-refractivity contribution < 1.29 is 4.74 Å². The van der Waals surface area contributed by atoms with Crippen molar-refractivity contribution in [1.29, 1.82) is 0 Å². The van der Waals surface area contributed by atoms with Crippen molar-refractivity contribution in [1.82, 2.24) is 14.7 Å². The van der Waals surface area contributed by atoms with E-state index in [1.54, 1.807) is 18.4 Å². The molecule has 3 heterocycles. The van der Waals surface area contributed by atoms with E-state index in [-0.39, 0.29) is 0 Å². The zero-order valence-electron chi connectivity index (χ0n) is 10.4. The first-order valence-corrected chi connectivity index (χ1v) is 8.21. The Morgan fingerprint density at radius 2 is 2.33 bits per heavy atom. The second-order valence-electron chi connectivity index (χ2n) is 4.39. The third kappa shape index (κ3) is 2.37. The van der Waals surface area contributed by atoms with Gasteiger partial charge in [0.15, 0.2) is 4.96 Å². The van der Waals surface area contributed by atoms with E-state index < -0.39 is 0 Å². The number of nitrogens with zero attached hydrogens (tertiary/aromatic N) is 2. The van der Waals surface area contributed by atoms with E-state index in [4.69, 9.17) is 4.74 Å². The molecule has 0 amide bonds. The van der Waals surface area contributed by atoms with Gasteiger partial charge in [-0.25, -0.2) is 0 Å². The summed E-state index contributed by atoms with van der Waals surface area (Å²) in [6.45, 7) is 0.830. The Bertz CT molecular complexity index is 516. The second-order valence-corrected chi connectivity index (χ2v) is 6.49. The van der Waals surface area contributed by atoms with Gasteiger partial charge in [-0.1, -0.05) is 0 Å². The predicted octanol–water partition coefficient (Wildman–Crippen LogP) is 2.39. The van der Waals surface area contributed by atoms with Crippen molar-refractivity contribution in [3.05, 3.63) is 17.3 Å². The highest BCUT2D eigenvalue weighted by Gasteiger charge is 2.17. The topological polar surface area (TPSA) is 38.6 Å². The van der Waals surface area contributed by atoms with Gasteiger partial charge in [-0.2, -0.15) is 16.7 Å². The van der Waals surface area contributed by atoms with Crippen LogP contribution in [0.2, 0.25) is 0 Å². The fraction of sp³-hybridized carbons (Fsp3) is 0.583. The Balaban J connectivity index is 1.74. The van der Waals surface area contributed by atoms with Crippen LogP contribution >= 0.6 is 23.1 Å². The van der Waals surface area contributed by atoms with Crippen LogP contribution in [0, 0.1) is 0 Å². The lowest BCUT2D eigenvalue weighted by Gasteiger charge is -2.22. The number of fused-ring (bicyclic) bond motifs is 1. The van der Waals surface area contributed by atoms with Gasteiger partial charge in [0.2, 0.25) is 5.88 Å². The lowest BCUT2D eigenvalue weighted by molar-refractivity contribution is 0.388. The molecule has 0 bridgehead atoms. The number of imidazole rings is 1. The van der Waals surface area contributed by atoms with Gasteiger partial charge in [0.1, 0.15) is 5.69 Å². The van der Waals surface area contributed by atoms with Gasteiger partial charge in [0, 0.05) is 24.2 Å². The van der Waals surface area contributed by atoms with Gasteiger partial charge >= 0.3 is 0 Å². The molecule has 2 aromatic heterocycles. The van der Waals surface area contributed by atoms with E-state index in [2.05, 4.69) is 38.0 Å². The molecule has 1 aliphatic heterocycles. The molecule has 0 spiro atoms. The van der Waals surface area contributed by atoms with Crippen molar-refractivity contribution in [2.75, 3.05) is 18.6 Å². The Morgan fingerprint density at radius 3 is 3.11 bits per heavy atom. The first-order chi connectivity index (χ1) is 8.88. The summed E-state index contributed by atoms with van der Waals surface area (Å²) in [5, 5.41) is 5.69. The summed E-state index contributed by atoms with van der Waals surface area (Å²) >= 11 is 3.69. The van der Waals surface area contributed by atoms with Crippen LogP contribution in [0.1, 0.15) is 18.5 Å². The lowest BCUT2D eigenvalue weighted by atomic mass is 10.1. The van der Waals surface area contributed by atoms with E-state index in [9.17, 15) is 0 Å². The minimum atomic E-state index is 0.639. The zero-order valence-corrected chi connectivity index (χ0v) is 12.0. The standard InChI is InChI=1S/C12H17N3OS2/c1-16-11-10(15-4-7-18-12(15)14-11)8-13-9-2-5-17-6-3-9/h4,7,9,13H,2-3,5-6,8H2,1H3. The number of thioether (sulfide) groups is 1. The van der Waals surface area contributed by atoms with Gasteiger partial charge in [-0.15, -0.1) is 11.3 Å². The first kappa shape index (κ1) is 12.3. The number of methoxy groups -OCH3 is 1. The molecule has 3 rings (SSSR count). The van der Waals surface area contributed by atoms with Crippen molar-refractivity contribution in [2.45, 2.75) is 25.4 Å². The Hall–Kier alpha value is -0.720. The second kappa shape index (κ2) is 5.50. The molecule has 0 unspecified atom stereocenters. The molecule has 1 saturated heterocycles. The monoisotopic (exact) mass is 283 g/mol. The van der Waals surface area contributed by atoms with Crippen LogP contribution in [0.5, 0.6) is 5.88 Å². The third-order valence-electron chi connectivity index (χ3n) is 3.30. The molecule has 0 radical (unpaired) electrons. The summed E-state index contributed by atoms with van der Waals surface area (Å²) in [6.07, 6.45) is 4.58. The highest BCUT2D eigenvalue weighted by atomic mass is 32.2. The number of ether oxygens (including phenoxy) is 1. The maximum absolute atomic E-state index is 5.36. The van der Waals surface area contributed by atoms with Crippen LogP contribution in [0.4, 0.5) is 0 Å². The van der Waals surface area contributed by atoms with Gasteiger partial charge in [-0.3, -0.25) is 4.40 Å². The summed E-state index contributed by atoms with van der Waals surface area (Å²) in [6, 6.07) is 0.639. The minimum Gasteiger partial charge on any atom is -0.480 e. The Kier molecular flexibility index (Phi) is 3.77. The zero-order chi connectivity index (χ0) is 12.4. The number of aromatic nitrogens is 2. The fourth-order valence-corrected chi connectivity index (χ4v) is 4.11. The van der Waals surface area contributed by atoms with Crippen molar-refractivity contribution in [3.8, 4) is 5.88 Å². The molecular formula is C12H17N3OS2. The molecule has 2 aromatic rings. The number of hydrogen-bond donors (Lipinski definition) is 1. The molecule has 0 aliphatic carbocycles. The molecule has 0 saturated carbocycles. The number of rotatable bonds is 4. The summed E-state index contributed by atoms with van der Waals surface area (Å²) in [7, 11) is 1.69. The lowest BCUT2D eigenvalue weighted by Crippen LogP contribution is -2.32. The molecule has 0 atom stereocenters. The predicted molar refractivity (Wildman–Crippen MR) is 76.8 cm³/mol. The van der Waals surface area contributed by atoms with Crippen LogP contribution in [0.15, 0.2) is 11.6 Å². The third-order valence-corrected chi connectivity index (χ3v) is 5.10. The normalized spacial score (nSPS) is 17.4. The summed E-state index contributed by atoms with van der Waals surface area (Å²) in [5.41, 5.74) is 1.13. The average Bonchev–Trinajstić information content (AvgIpc) is 2.98. The fourth-order valence-electron chi connectivity index (χ4n) is 2.28. The highest BCUT2D eigenvalue weighted by molar-refractivity contribution is 7.99. The molecular weight excluding hydrogens is 266 g/mol. The van der Waals surface area contributed by atoms with Crippen molar-refractivity contribution in [2.24, 2.45) is 0 Å². The quantitative estimate of drug-likeness (QED) is 0.935. The van der Waals surface area contributed by atoms with Crippen LogP contribution in [0.25, 0.3) is 4.96 Å². The van der Waals surface area contributed by atoms with E-state index in [1.807, 2.05) is 0 Å². The number of thiazole rings is 1. The van der Waals surface area contributed by atoms with Crippen LogP contribution < -0.4 is 10.1 Å². The van der Waals surface area contributed by atoms with Crippen LogP contribution in [-0.4, -0.2) is 34.0 Å². The molecule has 4 nitrogen and oxygen atoms in total. The molecule has 98 valence electrons. The molecule has 18 heavy (non-hydrogen) atoms. The smallest absolute Gasteiger partial charge is 0.237 e. The van der Waals surface area contributed by atoms with Crippen molar-refractivity contribution >= 4 is 28.1 Å². The molecule has 0 aromatic carbocycles. The van der Waals surface area contributed by atoms with Gasteiger partial charge in [0.05, 0.1) is 7.11 Å². The van der Waals surface area contributed by atoms with Crippen LogP contribution in [-0.2, 0) is 6.54 Å². The van der Waals surface area contributed by atoms with Gasteiger partial charge in [-0.05, 0) is 24.3 Å². The minimum absolute atomic E-state index is 0.639. The van der Waals surface area contributed by atoms with E-state index in [0.717, 1.165) is 23.1 Å². The Labute approximate surface area is 115 Å². The van der Waals surface area contributed by atoms with E-state index >= 15 is 0 Å². The molecule has 1 aliphatic rings. The largest absolute Gasteiger partial charge is 0.480 e. The average molecular weight is 283 g/mol. The van der Waals surface area contributed by atoms with Gasteiger partial charge < -0.3 is 10.1 Å². The number of hydrogen-bond acceptors (Lipinski definition) is 5. The summed E-state index contributed by atoms with van der Waals surface area (Å²) < 4.78 is 7.48. The Morgan fingerprint density at radius 1 is 1.50 bits per heavy atom. The molecule has 6 heteroatoms. The van der Waals surface area contributed by atoms with E-state index in [1.165, 1.54) is 24.3 Å². The highest BCUT2D eigenvalue weighted by Crippen LogP contribution is 2.24. The first-order valence-electron chi connectivity index (χ1n) is 6.18. The number of nitrogens with one attached hydrogen (secondary N) is 1. The van der Waals surface area contributed by atoms with Gasteiger partial charge in [0.25, 0.3) is 0 Å². The maximum atomic E-state index is 5.36. The molecule has 1 N–H and O–H groups in total. The maximum Gasteiger partial charge on any atom is 0.237 e. The van der Waals surface area contributed by atoms with Crippen molar-refractivity contribution in [3.63, 3.8) is 0 Å². The van der Waals surface area contributed by atoms with E-state index in [0.29, 0.717) is 6.04 Å². The summed E-state index contributed by atoms with van der Waals surface area (Å²) in [4.78, 5) is 5.47. The van der Waals surface area contributed by atoms with Crippen LogP contribution in [0.3, 0.4) is 0 Å². The summed E-state index contributed by atoms with van der Waals surface area (Å²) in [5.74, 6) is 3.30.